The molecule has 0 radical (unpaired) electrons. The maximum Gasteiger partial charge on any atom is 0.416 e. The zero-order chi connectivity index (χ0) is 16.2. The number of hydrogen-bond acceptors (Lipinski definition) is 2. The Bertz CT molecular complexity index is 529. The molecule has 3 nitrogen and oxygen atoms in total. The lowest BCUT2D eigenvalue weighted by molar-refractivity contribution is -0.137. The van der Waals surface area contributed by atoms with E-state index in [4.69, 9.17) is 18.0 Å². The maximum atomic E-state index is 12.6. The molecule has 3 N–H and O–H groups in total. The molecule has 0 aromatic heterocycles. The topological polar surface area (TPSA) is 55.1 Å². The quantitative estimate of drug-likeness (QED) is 0.821. The summed E-state index contributed by atoms with van der Waals surface area (Å²) in [6.07, 6.45) is -4.40. The highest BCUT2D eigenvalue weighted by Crippen LogP contribution is 2.29. The van der Waals surface area contributed by atoms with E-state index in [9.17, 15) is 18.0 Å². The van der Waals surface area contributed by atoms with E-state index in [0.717, 1.165) is 12.1 Å². The predicted molar refractivity (Wildman–Crippen MR) is 78.4 cm³/mol. The van der Waals surface area contributed by atoms with Crippen molar-refractivity contribution in [2.24, 2.45) is 17.6 Å². The number of carbonyl (C=O) groups excluding carboxylic acids is 1. The van der Waals surface area contributed by atoms with E-state index in [2.05, 4.69) is 5.32 Å². The van der Waals surface area contributed by atoms with Crippen molar-refractivity contribution in [1.82, 2.24) is 5.32 Å². The Morgan fingerprint density at radius 2 is 2.00 bits per heavy atom. The summed E-state index contributed by atoms with van der Waals surface area (Å²) in [5.41, 5.74) is 5.13. The van der Waals surface area contributed by atoms with E-state index >= 15 is 0 Å². The van der Waals surface area contributed by atoms with Crippen LogP contribution in [0.3, 0.4) is 0 Å². The maximum absolute atomic E-state index is 12.6. The van der Waals surface area contributed by atoms with Crippen LogP contribution in [0.5, 0.6) is 0 Å². The standard InChI is InChI=1S/C14H17F3N2OS/c1-8(2)11(12(18)21)13(20)19-7-9-4-3-5-10(6-9)14(15,16)17/h3-6,8,11H,7H2,1-2H3,(H2,18,21)(H,19,20). The van der Waals surface area contributed by atoms with Gasteiger partial charge in [-0.2, -0.15) is 13.2 Å². The van der Waals surface area contributed by atoms with Crippen molar-refractivity contribution in [2.75, 3.05) is 0 Å². The van der Waals surface area contributed by atoms with Crippen LogP contribution in [0, 0.1) is 11.8 Å². The molecule has 0 aliphatic carbocycles. The summed E-state index contributed by atoms with van der Waals surface area (Å²) in [6.45, 7) is 3.59. The van der Waals surface area contributed by atoms with Gasteiger partial charge in [-0.15, -0.1) is 0 Å². The molecule has 21 heavy (non-hydrogen) atoms. The van der Waals surface area contributed by atoms with Crippen LogP contribution in [0.4, 0.5) is 13.2 Å². The van der Waals surface area contributed by atoms with Crippen molar-refractivity contribution in [2.45, 2.75) is 26.6 Å². The second-order valence-electron chi connectivity index (χ2n) is 5.04. The summed E-state index contributed by atoms with van der Waals surface area (Å²) in [5, 5.41) is 2.57. The highest BCUT2D eigenvalue weighted by molar-refractivity contribution is 7.80. The number of amides is 1. The Hall–Kier alpha value is -1.63. The molecule has 1 amide bonds. The van der Waals surface area contributed by atoms with E-state index in [-0.39, 0.29) is 23.4 Å². The fraction of sp³-hybridized carbons (Fsp3) is 0.429. The summed E-state index contributed by atoms with van der Waals surface area (Å²) in [7, 11) is 0. The smallest absolute Gasteiger partial charge is 0.393 e. The zero-order valence-electron chi connectivity index (χ0n) is 11.7. The van der Waals surface area contributed by atoms with Crippen molar-refractivity contribution >= 4 is 23.1 Å². The van der Waals surface area contributed by atoms with Gasteiger partial charge in [0.2, 0.25) is 5.91 Å². The molecular formula is C14H17F3N2OS. The largest absolute Gasteiger partial charge is 0.416 e. The van der Waals surface area contributed by atoms with Crippen LogP contribution in [-0.2, 0) is 17.5 Å². The van der Waals surface area contributed by atoms with Crippen LogP contribution in [0.1, 0.15) is 25.0 Å². The fourth-order valence-electron chi connectivity index (χ4n) is 1.92. The number of benzene rings is 1. The van der Waals surface area contributed by atoms with Crippen molar-refractivity contribution in [3.05, 3.63) is 35.4 Å². The summed E-state index contributed by atoms with van der Waals surface area (Å²) in [4.78, 5) is 12.1. The van der Waals surface area contributed by atoms with Crippen LogP contribution in [0.15, 0.2) is 24.3 Å². The van der Waals surface area contributed by atoms with Crippen LogP contribution >= 0.6 is 12.2 Å². The number of alkyl halides is 3. The van der Waals surface area contributed by atoms with Gasteiger partial charge in [-0.25, -0.2) is 0 Å². The number of nitrogens with one attached hydrogen (secondary N) is 1. The average Bonchev–Trinajstić information content (AvgIpc) is 2.35. The molecule has 0 aliphatic heterocycles. The van der Waals surface area contributed by atoms with Crippen LogP contribution in [0.2, 0.25) is 0 Å². The summed E-state index contributed by atoms with van der Waals surface area (Å²) < 4.78 is 37.8. The molecule has 7 heteroatoms. The molecule has 0 saturated carbocycles. The lowest BCUT2D eigenvalue weighted by Crippen LogP contribution is -2.40. The molecule has 1 rings (SSSR count). The van der Waals surface area contributed by atoms with Gasteiger partial charge in [0.05, 0.1) is 16.5 Å². The van der Waals surface area contributed by atoms with Crippen molar-refractivity contribution < 1.29 is 18.0 Å². The molecule has 0 saturated heterocycles. The molecule has 0 heterocycles. The number of rotatable bonds is 5. The second-order valence-corrected chi connectivity index (χ2v) is 5.51. The van der Waals surface area contributed by atoms with Crippen LogP contribution in [0.25, 0.3) is 0 Å². The van der Waals surface area contributed by atoms with E-state index in [1.165, 1.54) is 12.1 Å². The van der Waals surface area contributed by atoms with Gasteiger partial charge in [0.1, 0.15) is 0 Å². The Morgan fingerprint density at radius 3 is 2.48 bits per heavy atom. The Labute approximate surface area is 126 Å². The molecular weight excluding hydrogens is 301 g/mol. The highest BCUT2D eigenvalue weighted by Gasteiger charge is 2.30. The fourth-order valence-corrected chi connectivity index (χ4v) is 2.30. The van der Waals surface area contributed by atoms with Crippen LogP contribution in [-0.4, -0.2) is 10.9 Å². The SMILES string of the molecule is CC(C)C(C(=O)NCc1cccc(C(F)(F)F)c1)C(N)=S. The molecule has 1 atom stereocenters. The first-order valence-electron chi connectivity index (χ1n) is 6.36. The van der Waals surface area contributed by atoms with Gasteiger partial charge < -0.3 is 11.1 Å². The highest BCUT2D eigenvalue weighted by atomic mass is 32.1. The summed E-state index contributed by atoms with van der Waals surface area (Å²) in [6, 6.07) is 4.81. The van der Waals surface area contributed by atoms with Crippen molar-refractivity contribution in [3.8, 4) is 0 Å². The first-order chi connectivity index (χ1) is 9.62. The van der Waals surface area contributed by atoms with Crippen LogP contribution < -0.4 is 11.1 Å². The molecule has 1 aromatic rings. The molecule has 0 bridgehead atoms. The van der Waals surface area contributed by atoms with Gasteiger partial charge in [-0.3, -0.25) is 4.79 Å². The Kier molecular flexibility index (Phi) is 5.71. The number of carbonyl (C=O) groups is 1. The van der Waals surface area contributed by atoms with E-state index < -0.39 is 17.7 Å². The Balaban J connectivity index is 2.75. The normalized spacial score (nSPS) is 13.0. The molecule has 0 fully saturated rings. The average molecular weight is 318 g/mol. The molecule has 116 valence electrons. The summed E-state index contributed by atoms with van der Waals surface area (Å²) >= 11 is 4.84. The molecule has 0 aliphatic rings. The third-order valence-corrected chi connectivity index (χ3v) is 3.23. The number of hydrogen-bond donors (Lipinski definition) is 2. The second kappa shape index (κ2) is 6.89. The van der Waals surface area contributed by atoms with Gasteiger partial charge in [0.15, 0.2) is 0 Å². The minimum atomic E-state index is -4.40. The third kappa shape index (κ3) is 5.00. The molecule has 1 aromatic carbocycles. The lowest BCUT2D eigenvalue weighted by atomic mass is 9.95. The monoisotopic (exact) mass is 318 g/mol. The molecule has 1 unspecified atom stereocenters. The number of thiocarbonyl (C=S) groups is 1. The zero-order valence-corrected chi connectivity index (χ0v) is 12.5. The third-order valence-electron chi connectivity index (χ3n) is 2.98. The van der Waals surface area contributed by atoms with Gasteiger partial charge in [0, 0.05) is 6.54 Å². The van der Waals surface area contributed by atoms with E-state index in [0.29, 0.717) is 5.56 Å². The van der Waals surface area contributed by atoms with Gasteiger partial charge in [-0.1, -0.05) is 38.2 Å². The first kappa shape index (κ1) is 17.4. The predicted octanol–water partition coefficient (Wildman–Crippen LogP) is 2.88. The Morgan fingerprint density at radius 1 is 1.38 bits per heavy atom. The van der Waals surface area contributed by atoms with Crippen molar-refractivity contribution in [3.63, 3.8) is 0 Å². The minimum absolute atomic E-state index is 0.00537. The van der Waals surface area contributed by atoms with Gasteiger partial charge >= 0.3 is 6.18 Å². The minimum Gasteiger partial charge on any atom is -0.393 e. The number of halogens is 3. The first-order valence-corrected chi connectivity index (χ1v) is 6.77. The van der Waals surface area contributed by atoms with Crippen molar-refractivity contribution in [1.29, 1.82) is 0 Å². The molecule has 0 spiro atoms. The summed E-state index contributed by atoms with van der Waals surface area (Å²) in [5.74, 6) is -1.09. The van der Waals surface area contributed by atoms with Gasteiger partial charge in [-0.05, 0) is 23.6 Å². The van der Waals surface area contributed by atoms with E-state index in [1.54, 1.807) is 13.8 Å². The lowest BCUT2D eigenvalue weighted by Gasteiger charge is -2.19. The van der Waals surface area contributed by atoms with E-state index in [1.807, 2.05) is 0 Å². The number of nitrogens with two attached hydrogens (primary N) is 1. The van der Waals surface area contributed by atoms with Gasteiger partial charge in [0.25, 0.3) is 0 Å².